The zero-order valence-electron chi connectivity index (χ0n) is 12.9. The van der Waals surface area contributed by atoms with Crippen molar-refractivity contribution >= 4 is 12.0 Å². The highest BCUT2D eigenvalue weighted by atomic mass is 16.6. The molecule has 2 aliphatic heterocycles. The molecule has 20 heavy (non-hydrogen) atoms. The molecule has 0 bridgehead atoms. The van der Waals surface area contributed by atoms with Crippen molar-refractivity contribution in [3.05, 3.63) is 0 Å². The summed E-state index contributed by atoms with van der Waals surface area (Å²) in [5.74, 6) is 0.0549. The summed E-state index contributed by atoms with van der Waals surface area (Å²) in [7, 11) is 0. The van der Waals surface area contributed by atoms with Gasteiger partial charge in [0.15, 0.2) is 0 Å². The monoisotopic (exact) mass is 282 g/mol. The topological polar surface area (TPSA) is 58.6 Å². The fraction of sp³-hybridized carbons (Fsp3) is 0.867. The van der Waals surface area contributed by atoms with Gasteiger partial charge in [-0.1, -0.05) is 0 Å². The number of alkyl carbamates (subject to hydrolysis) is 1. The molecule has 0 aromatic rings. The van der Waals surface area contributed by atoms with Gasteiger partial charge in [-0.25, -0.2) is 4.79 Å². The number of nitrogens with zero attached hydrogens (tertiary/aromatic N) is 1. The highest BCUT2D eigenvalue weighted by molar-refractivity contribution is 5.87. The third-order valence-corrected chi connectivity index (χ3v) is 4.06. The average Bonchev–Trinajstić information content (AvgIpc) is 2.30. The van der Waals surface area contributed by atoms with E-state index in [2.05, 4.69) is 12.2 Å². The van der Waals surface area contributed by atoms with Crippen molar-refractivity contribution in [2.75, 3.05) is 0 Å². The van der Waals surface area contributed by atoms with Gasteiger partial charge in [0.05, 0.1) is 0 Å². The average molecular weight is 282 g/mol. The van der Waals surface area contributed by atoms with Gasteiger partial charge in [-0.2, -0.15) is 0 Å². The van der Waals surface area contributed by atoms with Gasteiger partial charge in [0.25, 0.3) is 0 Å². The maximum atomic E-state index is 12.5. The molecule has 0 aromatic carbocycles. The maximum Gasteiger partial charge on any atom is 0.408 e. The third kappa shape index (κ3) is 3.44. The van der Waals surface area contributed by atoms with Crippen LogP contribution in [0, 0.1) is 0 Å². The van der Waals surface area contributed by atoms with Crippen LogP contribution in [-0.4, -0.2) is 40.6 Å². The Kier molecular flexibility index (Phi) is 4.25. The fourth-order valence-electron chi connectivity index (χ4n) is 3.21. The fourth-order valence-corrected chi connectivity index (χ4v) is 3.21. The summed E-state index contributed by atoms with van der Waals surface area (Å²) >= 11 is 0. The van der Waals surface area contributed by atoms with E-state index in [1.165, 1.54) is 6.42 Å². The predicted molar refractivity (Wildman–Crippen MR) is 76.3 cm³/mol. The second kappa shape index (κ2) is 5.62. The molecule has 0 aliphatic carbocycles. The second-order valence-electron chi connectivity index (χ2n) is 6.96. The Balaban J connectivity index is 1.97. The molecule has 2 fully saturated rings. The van der Waals surface area contributed by atoms with E-state index in [-0.39, 0.29) is 11.9 Å². The molecule has 2 unspecified atom stereocenters. The van der Waals surface area contributed by atoms with E-state index >= 15 is 0 Å². The number of carbonyl (C=O) groups is 2. The van der Waals surface area contributed by atoms with Crippen LogP contribution in [0.3, 0.4) is 0 Å². The van der Waals surface area contributed by atoms with Crippen molar-refractivity contribution in [2.24, 2.45) is 0 Å². The molecule has 0 spiro atoms. The van der Waals surface area contributed by atoms with E-state index in [1.54, 1.807) is 0 Å². The molecule has 114 valence electrons. The molecule has 5 heteroatoms. The van der Waals surface area contributed by atoms with Crippen LogP contribution in [-0.2, 0) is 9.53 Å². The third-order valence-electron chi connectivity index (χ3n) is 4.06. The van der Waals surface area contributed by atoms with E-state index in [0.717, 1.165) is 19.3 Å². The normalized spacial score (nSPS) is 30.7. The minimum Gasteiger partial charge on any atom is -0.444 e. The van der Waals surface area contributed by atoms with Crippen molar-refractivity contribution in [3.63, 3.8) is 0 Å². The predicted octanol–water partition coefficient (Wildman–Crippen LogP) is 2.44. The van der Waals surface area contributed by atoms with Gasteiger partial charge in [0.1, 0.15) is 11.6 Å². The summed E-state index contributed by atoms with van der Waals surface area (Å²) in [5, 5.41) is 2.73. The molecule has 2 saturated heterocycles. The van der Waals surface area contributed by atoms with E-state index in [9.17, 15) is 9.59 Å². The van der Waals surface area contributed by atoms with Crippen molar-refractivity contribution in [1.82, 2.24) is 10.2 Å². The number of fused-ring (bicyclic) bond motifs is 1. The van der Waals surface area contributed by atoms with Crippen LogP contribution in [0.2, 0.25) is 0 Å². The van der Waals surface area contributed by atoms with Crippen LogP contribution in [0.4, 0.5) is 4.79 Å². The second-order valence-corrected chi connectivity index (χ2v) is 6.96. The van der Waals surface area contributed by atoms with Crippen molar-refractivity contribution in [1.29, 1.82) is 0 Å². The Morgan fingerprint density at radius 3 is 2.60 bits per heavy atom. The lowest BCUT2D eigenvalue weighted by molar-refractivity contribution is -0.144. The Morgan fingerprint density at radius 2 is 1.95 bits per heavy atom. The van der Waals surface area contributed by atoms with Crippen molar-refractivity contribution in [3.8, 4) is 0 Å². The number of nitrogens with one attached hydrogen (secondary N) is 1. The van der Waals surface area contributed by atoms with Crippen LogP contribution in [0.1, 0.15) is 59.8 Å². The molecule has 5 nitrogen and oxygen atoms in total. The lowest BCUT2D eigenvalue weighted by Gasteiger charge is -2.46. The first-order valence-corrected chi connectivity index (χ1v) is 7.59. The van der Waals surface area contributed by atoms with Gasteiger partial charge in [-0.05, 0) is 59.8 Å². The summed E-state index contributed by atoms with van der Waals surface area (Å²) in [4.78, 5) is 26.3. The van der Waals surface area contributed by atoms with E-state index in [0.29, 0.717) is 12.5 Å². The number of amides is 2. The summed E-state index contributed by atoms with van der Waals surface area (Å²) in [5.41, 5.74) is -0.539. The van der Waals surface area contributed by atoms with E-state index in [1.807, 2.05) is 25.7 Å². The molecule has 0 aromatic heterocycles. The Hall–Kier alpha value is -1.26. The summed E-state index contributed by atoms with van der Waals surface area (Å²) in [6, 6.07) is 0.217. The lowest BCUT2D eigenvalue weighted by atomic mass is 9.87. The summed E-state index contributed by atoms with van der Waals surface area (Å²) in [6.07, 6.45) is 4.53. The maximum absolute atomic E-state index is 12.5. The van der Waals surface area contributed by atoms with Gasteiger partial charge in [-0.3, -0.25) is 4.79 Å². The number of hydrogen-bond acceptors (Lipinski definition) is 3. The van der Waals surface area contributed by atoms with Crippen LogP contribution in [0.25, 0.3) is 0 Å². The number of hydrogen-bond donors (Lipinski definition) is 1. The number of rotatable bonds is 1. The van der Waals surface area contributed by atoms with E-state index < -0.39 is 17.7 Å². The molecule has 2 amide bonds. The standard InChI is InChI=1S/C15H26N2O3/c1-10-6-5-7-11-8-9-12(13(18)17(10)11)16-14(19)20-15(2,3)4/h10-12H,5-9H2,1-4H3,(H,16,19)/t10?,11-,12?/m1/s1. The van der Waals surface area contributed by atoms with Crippen LogP contribution < -0.4 is 5.32 Å². The van der Waals surface area contributed by atoms with Gasteiger partial charge in [0.2, 0.25) is 5.91 Å². The van der Waals surface area contributed by atoms with Gasteiger partial charge >= 0.3 is 6.09 Å². The van der Waals surface area contributed by atoms with Gasteiger partial charge < -0.3 is 15.0 Å². The minimum absolute atomic E-state index is 0.0549. The quantitative estimate of drug-likeness (QED) is 0.803. The molecular weight excluding hydrogens is 256 g/mol. The highest BCUT2D eigenvalue weighted by Crippen LogP contribution is 2.30. The Bertz CT molecular complexity index is 389. The first kappa shape index (κ1) is 15.1. The minimum atomic E-state index is -0.539. The van der Waals surface area contributed by atoms with Crippen LogP contribution in [0.5, 0.6) is 0 Å². The molecule has 2 heterocycles. The van der Waals surface area contributed by atoms with Crippen LogP contribution >= 0.6 is 0 Å². The summed E-state index contributed by atoms with van der Waals surface area (Å²) in [6.45, 7) is 7.55. The largest absolute Gasteiger partial charge is 0.444 e. The van der Waals surface area contributed by atoms with Crippen molar-refractivity contribution < 1.29 is 14.3 Å². The van der Waals surface area contributed by atoms with Crippen LogP contribution in [0.15, 0.2) is 0 Å². The first-order chi connectivity index (χ1) is 9.28. The molecular formula is C15H26N2O3. The molecule has 2 rings (SSSR count). The molecule has 0 radical (unpaired) electrons. The SMILES string of the molecule is CC1CCC[C@@H]2CCC(NC(=O)OC(C)(C)C)C(=O)N12. The summed E-state index contributed by atoms with van der Waals surface area (Å²) < 4.78 is 5.23. The Morgan fingerprint density at radius 1 is 1.25 bits per heavy atom. The lowest BCUT2D eigenvalue weighted by Crippen LogP contribution is -2.60. The first-order valence-electron chi connectivity index (χ1n) is 7.59. The number of ether oxygens (including phenoxy) is 1. The molecule has 1 N–H and O–H groups in total. The number of piperidine rings is 2. The zero-order chi connectivity index (χ0) is 14.9. The molecule has 3 atom stereocenters. The number of carbonyl (C=O) groups excluding carboxylic acids is 2. The molecule has 0 saturated carbocycles. The van der Waals surface area contributed by atoms with Crippen molar-refractivity contribution in [2.45, 2.75) is 83.5 Å². The molecule has 2 aliphatic rings. The smallest absolute Gasteiger partial charge is 0.408 e. The van der Waals surface area contributed by atoms with E-state index in [4.69, 9.17) is 4.74 Å². The Labute approximate surface area is 121 Å². The highest BCUT2D eigenvalue weighted by Gasteiger charge is 2.40. The van der Waals surface area contributed by atoms with Gasteiger partial charge in [-0.15, -0.1) is 0 Å². The van der Waals surface area contributed by atoms with Gasteiger partial charge in [0, 0.05) is 12.1 Å². The zero-order valence-corrected chi connectivity index (χ0v) is 12.9.